The van der Waals surface area contributed by atoms with Gasteiger partial charge in [-0.05, 0) is 33.8 Å². The van der Waals surface area contributed by atoms with Crippen LogP contribution in [0.25, 0.3) is 5.69 Å². The summed E-state index contributed by atoms with van der Waals surface area (Å²) in [6, 6.07) is 7.80. The highest BCUT2D eigenvalue weighted by Gasteiger charge is 2.52. The van der Waals surface area contributed by atoms with Gasteiger partial charge in [-0.3, -0.25) is 0 Å². The number of nitrogens with one attached hydrogen (secondary N) is 1. The Morgan fingerprint density at radius 3 is 2.33 bits per heavy atom. The number of ether oxygens (including phenoxy) is 1. The molecule has 0 aliphatic carbocycles. The van der Waals surface area contributed by atoms with Gasteiger partial charge < -0.3 is 19.4 Å². The Hall–Kier alpha value is -1.99. The lowest BCUT2D eigenvalue weighted by Gasteiger charge is -2.32. The van der Waals surface area contributed by atoms with E-state index in [0.29, 0.717) is 5.75 Å². The number of nitrogens with zero attached hydrogens (tertiary/aromatic N) is 2. The molecule has 2 heterocycles. The minimum Gasteiger partial charge on any atom is -0.497 e. The maximum Gasteiger partial charge on any atom is 0.498 e. The molecular formula is C17H24BN3O3. The van der Waals surface area contributed by atoms with E-state index >= 15 is 0 Å². The predicted octanol–water partition coefficient (Wildman–Crippen LogP) is 2.22. The Morgan fingerprint density at radius 2 is 1.79 bits per heavy atom. The van der Waals surface area contributed by atoms with Crippen molar-refractivity contribution in [3.05, 3.63) is 30.5 Å². The molecule has 2 aromatic rings. The van der Waals surface area contributed by atoms with Gasteiger partial charge in [0.2, 0.25) is 0 Å². The average Bonchev–Trinajstić information content (AvgIpc) is 3.09. The van der Waals surface area contributed by atoms with E-state index < -0.39 is 7.12 Å². The molecule has 0 unspecified atom stereocenters. The smallest absolute Gasteiger partial charge is 0.497 e. The van der Waals surface area contributed by atoms with Crippen LogP contribution in [-0.4, -0.2) is 42.3 Å². The Morgan fingerprint density at radius 1 is 1.12 bits per heavy atom. The number of hydrogen-bond donors (Lipinski definition) is 1. The Bertz CT molecular complexity index is 726. The zero-order chi connectivity index (χ0) is 17.5. The topological polar surface area (TPSA) is 57.5 Å². The summed E-state index contributed by atoms with van der Waals surface area (Å²) in [5, 5.41) is 7.45. The lowest BCUT2D eigenvalue weighted by molar-refractivity contribution is 0.00578. The number of benzene rings is 1. The van der Waals surface area contributed by atoms with E-state index in [0.717, 1.165) is 17.0 Å². The third kappa shape index (κ3) is 2.78. The second kappa shape index (κ2) is 5.83. The van der Waals surface area contributed by atoms with Gasteiger partial charge in [0.25, 0.3) is 0 Å². The number of anilines is 1. The van der Waals surface area contributed by atoms with Gasteiger partial charge >= 0.3 is 7.12 Å². The first-order valence-electron chi connectivity index (χ1n) is 8.05. The number of hydrogen-bond acceptors (Lipinski definition) is 5. The van der Waals surface area contributed by atoms with Crippen molar-refractivity contribution in [1.29, 1.82) is 0 Å². The molecule has 1 aliphatic heterocycles. The van der Waals surface area contributed by atoms with Crippen molar-refractivity contribution in [3.63, 3.8) is 0 Å². The minimum atomic E-state index is -0.454. The van der Waals surface area contributed by atoms with Crippen LogP contribution in [0.2, 0.25) is 0 Å². The fraction of sp³-hybridized carbons (Fsp3) is 0.471. The zero-order valence-electron chi connectivity index (χ0n) is 15.1. The van der Waals surface area contributed by atoms with E-state index in [9.17, 15) is 0 Å². The Kier molecular flexibility index (Phi) is 4.09. The van der Waals surface area contributed by atoms with Crippen molar-refractivity contribution in [2.45, 2.75) is 38.9 Å². The fourth-order valence-corrected chi connectivity index (χ4v) is 2.61. The van der Waals surface area contributed by atoms with E-state index in [1.807, 2.05) is 65.2 Å². The normalized spacial score (nSPS) is 18.7. The molecular weight excluding hydrogens is 305 g/mol. The molecule has 6 nitrogen and oxygen atoms in total. The highest BCUT2D eigenvalue weighted by atomic mass is 16.7. The van der Waals surface area contributed by atoms with E-state index in [1.165, 1.54) is 0 Å². The third-order valence-electron chi connectivity index (χ3n) is 4.83. The van der Waals surface area contributed by atoms with Crippen LogP contribution < -0.4 is 15.5 Å². The summed E-state index contributed by atoms with van der Waals surface area (Å²) in [5.41, 5.74) is 1.02. The summed E-state index contributed by atoms with van der Waals surface area (Å²) in [7, 11) is 3.04. The van der Waals surface area contributed by atoms with E-state index in [2.05, 4.69) is 10.4 Å². The lowest BCUT2D eigenvalue weighted by atomic mass is 9.78. The second-order valence-electron chi connectivity index (χ2n) is 6.91. The zero-order valence-corrected chi connectivity index (χ0v) is 15.1. The minimum absolute atomic E-state index is 0.384. The molecule has 128 valence electrons. The molecule has 1 aromatic carbocycles. The van der Waals surface area contributed by atoms with Gasteiger partial charge in [0.05, 0.1) is 24.0 Å². The van der Waals surface area contributed by atoms with Crippen molar-refractivity contribution in [3.8, 4) is 11.4 Å². The van der Waals surface area contributed by atoms with Crippen LogP contribution >= 0.6 is 0 Å². The molecule has 3 rings (SSSR count). The summed E-state index contributed by atoms with van der Waals surface area (Å²) in [6.07, 6.45) is 1.90. The highest BCUT2D eigenvalue weighted by Crippen LogP contribution is 2.37. The second-order valence-corrected chi connectivity index (χ2v) is 6.91. The van der Waals surface area contributed by atoms with Crippen molar-refractivity contribution < 1.29 is 14.0 Å². The van der Waals surface area contributed by atoms with Gasteiger partial charge in [-0.1, -0.05) is 6.07 Å². The molecule has 1 N–H and O–H groups in total. The Balaban J connectivity index is 1.93. The molecule has 0 radical (unpaired) electrons. The third-order valence-corrected chi connectivity index (χ3v) is 4.83. The first kappa shape index (κ1) is 16.9. The molecule has 0 saturated carbocycles. The monoisotopic (exact) mass is 329 g/mol. The van der Waals surface area contributed by atoms with Crippen molar-refractivity contribution >= 4 is 18.4 Å². The summed E-state index contributed by atoms with van der Waals surface area (Å²) in [5.74, 6) is 1.52. The molecule has 24 heavy (non-hydrogen) atoms. The quantitative estimate of drug-likeness (QED) is 0.872. The molecule has 0 atom stereocenters. The van der Waals surface area contributed by atoms with Gasteiger partial charge in [0, 0.05) is 30.8 Å². The molecule has 1 aliphatic rings. The summed E-state index contributed by atoms with van der Waals surface area (Å²) in [4.78, 5) is 0. The molecule has 1 saturated heterocycles. The largest absolute Gasteiger partial charge is 0.498 e. The lowest BCUT2D eigenvalue weighted by Crippen LogP contribution is -2.41. The summed E-state index contributed by atoms with van der Waals surface area (Å²) in [6.45, 7) is 8.15. The van der Waals surface area contributed by atoms with Crippen molar-refractivity contribution in [1.82, 2.24) is 9.78 Å². The van der Waals surface area contributed by atoms with Crippen LogP contribution in [-0.2, 0) is 9.31 Å². The highest BCUT2D eigenvalue weighted by molar-refractivity contribution is 6.63. The average molecular weight is 329 g/mol. The maximum absolute atomic E-state index is 6.13. The SMILES string of the molecule is CNc1ccn(-c2ccc(B3OC(C)(C)C(C)(C)O3)c(OC)c2)n1. The van der Waals surface area contributed by atoms with Gasteiger partial charge in [0.1, 0.15) is 11.6 Å². The molecule has 0 amide bonds. The van der Waals surface area contributed by atoms with E-state index in [1.54, 1.807) is 11.8 Å². The summed E-state index contributed by atoms with van der Waals surface area (Å²) >= 11 is 0. The van der Waals surface area contributed by atoms with Gasteiger partial charge in [-0.25, -0.2) is 4.68 Å². The fourth-order valence-electron chi connectivity index (χ4n) is 2.61. The molecule has 1 aromatic heterocycles. The first-order chi connectivity index (χ1) is 11.3. The standard InChI is InChI=1S/C17H24BN3O3/c1-16(2)17(3,4)24-18(23-16)13-8-7-12(11-14(13)22-6)21-10-9-15(19-5)20-21/h7-11H,1-6H3,(H,19,20). The van der Waals surface area contributed by atoms with Crippen LogP contribution in [0.15, 0.2) is 30.5 Å². The maximum atomic E-state index is 6.13. The van der Waals surface area contributed by atoms with Crippen molar-refractivity contribution in [2.24, 2.45) is 0 Å². The van der Waals surface area contributed by atoms with Crippen LogP contribution in [0.5, 0.6) is 5.75 Å². The number of aromatic nitrogens is 2. The molecule has 0 spiro atoms. The summed E-state index contributed by atoms with van der Waals surface area (Å²) < 4.78 is 19.6. The first-order valence-corrected chi connectivity index (χ1v) is 8.05. The van der Waals surface area contributed by atoms with E-state index in [-0.39, 0.29) is 11.2 Å². The van der Waals surface area contributed by atoms with Crippen LogP contribution in [0.4, 0.5) is 5.82 Å². The molecule has 1 fully saturated rings. The van der Waals surface area contributed by atoms with Crippen molar-refractivity contribution in [2.75, 3.05) is 19.5 Å². The number of methoxy groups -OCH3 is 1. The van der Waals surface area contributed by atoms with Gasteiger partial charge in [0.15, 0.2) is 0 Å². The van der Waals surface area contributed by atoms with E-state index in [4.69, 9.17) is 14.0 Å². The molecule has 7 heteroatoms. The predicted molar refractivity (Wildman–Crippen MR) is 95.4 cm³/mol. The van der Waals surface area contributed by atoms with Gasteiger partial charge in [-0.15, -0.1) is 0 Å². The van der Waals surface area contributed by atoms with Crippen LogP contribution in [0.1, 0.15) is 27.7 Å². The van der Waals surface area contributed by atoms with Gasteiger partial charge in [-0.2, -0.15) is 5.10 Å². The van der Waals surface area contributed by atoms with Crippen LogP contribution in [0.3, 0.4) is 0 Å². The Labute approximate surface area is 143 Å². The molecule has 0 bridgehead atoms. The van der Waals surface area contributed by atoms with Crippen LogP contribution in [0, 0.1) is 0 Å². The number of rotatable bonds is 4.